The Balaban J connectivity index is 2.00. The van der Waals surface area contributed by atoms with Gasteiger partial charge >= 0.3 is 0 Å². The van der Waals surface area contributed by atoms with Gasteiger partial charge in [0.1, 0.15) is 5.60 Å². The van der Waals surface area contributed by atoms with Gasteiger partial charge in [-0.25, -0.2) is 0 Å². The van der Waals surface area contributed by atoms with Crippen molar-refractivity contribution in [1.82, 2.24) is 10.1 Å². The predicted molar refractivity (Wildman–Crippen MR) is 63.4 cm³/mol. The normalized spacial score (nSPS) is 19.9. The first-order chi connectivity index (χ1) is 8.20. The minimum Gasteiger partial charge on any atom is -0.370 e. The van der Waals surface area contributed by atoms with Gasteiger partial charge in [-0.1, -0.05) is 18.5 Å². The summed E-state index contributed by atoms with van der Waals surface area (Å²) in [5, 5.41) is 4.03. The molecule has 1 fully saturated rings. The fraction of sp³-hybridized carbons (Fsp3) is 0.833. The number of rotatable bonds is 6. The molecule has 17 heavy (non-hydrogen) atoms. The zero-order valence-corrected chi connectivity index (χ0v) is 10.6. The molecular weight excluding hydrogens is 218 g/mol. The van der Waals surface area contributed by atoms with E-state index in [1.807, 2.05) is 0 Å². The van der Waals surface area contributed by atoms with Crippen LogP contribution < -0.4 is 5.73 Å². The Hall–Kier alpha value is -0.940. The van der Waals surface area contributed by atoms with E-state index in [4.69, 9.17) is 15.0 Å². The van der Waals surface area contributed by atoms with Crippen LogP contribution in [0.2, 0.25) is 0 Å². The minimum atomic E-state index is -0.295. The van der Waals surface area contributed by atoms with E-state index in [2.05, 4.69) is 17.1 Å². The Kier molecular flexibility index (Phi) is 3.79. The highest BCUT2D eigenvalue weighted by molar-refractivity contribution is 5.06. The highest BCUT2D eigenvalue weighted by atomic mass is 16.5. The van der Waals surface area contributed by atoms with Crippen molar-refractivity contribution < 1.29 is 9.26 Å². The molecule has 0 aromatic carbocycles. The second-order valence-electron chi connectivity index (χ2n) is 4.82. The van der Waals surface area contributed by atoms with Crippen LogP contribution in [0.25, 0.3) is 0 Å². The maximum Gasteiger partial charge on any atom is 0.228 e. The van der Waals surface area contributed by atoms with Gasteiger partial charge in [0.15, 0.2) is 0 Å². The number of hydrogen-bond acceptors (Lipinski definition) is 5. The monoisotopic (exact) mass is 239 g/mol. The van der Waals surface area contributed by atoms with Crippen molar-refractivity contribution in [1.29, 1.82) is 0 Å². The van der Waals surface area contributed by atoms with E-state index >= 15 is 0 Å². The highest BCUT2D eigenvalue weighted by Gasteiger charge is 2.43. The Labute approximate surface area is 102 Å². The van der Waals surface area contributed by atoms with Gasteiger partial charge in [-0.3, -0.25) is 0 Å². The van der Waals surface area contributed by atoms with E-state index in [0.29, 0.717) is 18.1 Å². The zero-order valence-electron chi connectivity index (χ0n) is 10.6. The molecule has 0 bridgehead atoms. The number of methoxy groups -OCH3 is 1. The lowest BCUT2D eigenvalue weighted by atomic mass is 9.79. The minimum absolute atomic E-state index is 0.105. The van der Waals surface area contributed by atoms with Crippen molar-refractivity contribution >= 4 is 0 Å². The van der Waals surface area contributed by atoms with Gasteiger partial charge in [0.2, 0.25) is 11.7 Å². The van der Waals surface area contributed by atoms with Gasteiger partial charge in [0, 0.05) is 19.6 Å². The molecule has 2 N–H and O–H groups in total. The molecule has 1 atom stereocenters. The van der Waals surface area contributed by atoms with Crippen LogP contribution in [0.4, 0.5) is 0 Å². The van der Waals surface area contributed by atoms with Crippen LogP contribution >= 0.6 is 0 Å². The average Bonchev–Trinajstić information content (AvgIpc) is 2.66. The van der Waals surface area contributed by atoms with Crippen LogP contribution in [0.15, 0.2) is 4.52 Å². The molecule has 1 unspecified atom stereocenters. The van der Waals surface area contributed by atoms with Crippen molar-refractivity contribution in [3.63, 3.8) is 0 Å². The van der Waals surface area contributed by atoms with Crippen molar-refractivity contribution in [2.24, 2.45) is 5.73 Å². The van der Waals surface area contributed by atoms with E-state index in [9.17, 15) is 0 Å². The molecule has 1 aliphatic rings. The lowest BCUT2D eigenvalue weighted by Crippen LogP contribution is -2.37. The second-order valence-corrected chi connectivity index (χ2v) is 4.82. The number of nitrogens with zero attached hydrogens (tertiary/aromatic N) is 2. The van der Waals surface area contributed by atoms with E-state index in [0.717, 1.165) is 32.1 Å². The third-order valence-electron chi connectivity index (χ3n) is 3.52. The van der Waals surface area contributed by atoms with Gasteiger partial charge < -0.3 is 15.0 Å². The lowest BCUT2D eigenvalue weighted by Gasteiger charge is -2.37. The predicted octanol–water partition coefficient (Wildman–Crippen LogP) is 1.77. The molecule has 0 amide bonds. The molecule has 5 nitrogen and oxygen atoms in total. The number of ether oxygens (including phenoxy) is 1. The summed E-state index contributed by atoms with van der Waals surface area (Å²) in [5.41, 5.74) is 5.66. The maximum absolute atomic E-state index is 5.95. The summed E-state index contributed by atoms with van der Waals surface area (Å²) in [6, 6.07) is 0.105. The molecular formula is C12H21N3O2. The average molecular weight is 239 g/mol. The molecule has 0 saturated heterocycles. The van der Waals surface area contributed by atoms with Crippen LogP contribution in [-0.4, -0.2) is 23.3 Å². The Morgan fingerprint density at radius 2 is 2.29 bits per heavy atom. The summed E-state index contributed by atoms with van der Waals surface area (Å²) < 4.78 is 10.8. The summed E-state index contributed by atoms with van der Waals surface area (Å²) in [6.45, 7) is 2.12. The van der Waals surface area contributed by atoms with Gasteiger partial charge in [-0.2, -0.15) is 4.98 Å². The number of nitrogens with two attached hydrogens (primary N) is 1. The molecule has 0 radical (unpaired) electrons. The smallest absolute Gasteiger partial charge is 0.228 e. The van der Waals surface area contributed by atoms with Crippen molar-refractivity contribution in [2.45, 2.75) is 57.1 Å². The largest absolute Gasteiger partial charge is 0.370 e. The first-order valence-electron chi connectivity index (χ1n) is 6.34. The van der Waals surface area contributed by atoms with E-state index < -0.39 is 0 Å². The molecule has 0 aliphatic heterocycles. The summed E-state index contributed by atoms with van der Waals surface area (Å²) in [5.74, 6) is 1.31. The third kappa shape index (κ3) is 2.50. The standard InChI is InChI=1S/C12H21N3O2/c1-3-5-9(13)8-10-14-11(15-17-10)12(16-2)6-4-7-12/h9H,3-8,13H2,1-2H3. The second kappa shape index (κ2) is 5.14. The van der Waals surface area contributed by atoms with Gasteiger partial charge in [-0.05, 0) is 25.7 Å². The first-order valence-corrected chi connectivity index (χ1v) is 6.34. The highest BCUT2D eigenvalue weighted by Crippen LogP contribution is 2.42. The Bertz CT molecular complexity index is 355. The SMILES string of the molecule is CCCC(N)Cc1nc(C2(OC)CCC2)no1. The topological polar surface area (TPSA) is 74.2 Å². The van der Waals surface area contributed by atoms with E-state index in [-0.39, 0.29) is 11.6 Å². The zero-order chi connectivity index (χ0) is 12.3. The summed E-state index contributed by atoms with van der Waals surface area (Å²) in [6.07, 6.45) is 5.82. The van der Waals surface area contributed by atoms with Crippen LogP contribution in [0, 0.1) is 0 Å². The van der Waals surface area contributed by atoms with Gasteiger partial charge in [0.25, 0.3) is 0 Å². The van der Waals surface area contributed by atoms with Crippen molar-refractivity contribution in [3.8, 4) is 0 Å². The van der Waals surface area contributed by atoms with Gasteiger partial charge in [0.05, 0.1) is 0 Å². The molecule has 1 aromatic heterocycles. The molecule has 1 saturated carbocycles. The third-order valence-corrected chi connectivity index (χ3v) is 3.52. The van der Waals surface area contributed by atoms with Gasteiger partial charge in [-0.15, -0.1) is 0 Å². The molecule has 1 aliphatic carbocycles. The van der Waals surface area contributed by atoms with Crippen molar-refractivity contribution in [2.75, 3.05) is 7.11 Å². The van der Waals surface area contributed by atoms with Crippen LogP contribution in [0.3, 0.4) is 0 Å². The van der Waals surface area contributed by atoms with Crippen LogP contribution in [0.1, 0.15) is 50.7 Å². The summed E-state index contributed by atoms with van der Waals surface area (Å²) in [7, 11) is 1.71. The van der Waals surface area contributed by atoms with E-state index in [1.54, 1.807) is 7.11 Å². The molecule has 2 rings (SSSR count). The first kappa shape index (κ1) is 12.5. The Morgan fingerprint density at radius 3 is 2.82 bits per heavy atom. The summed E-state index contributed by atoms with van der Waals surface area (Å²) >= 11 is 0. The fourth-order valence-corrected chi connectivity index (χ4v) is 2.24. The van der Waals surface area contributed by atoms with Crippen molar-refractivity contribution in [3.05, 3.63) is 11.7 Å². The molecule has 0 spiro atoms. The fourth-order valence-electron chi connectivity index (χ4n) is 2.24. The number of aromatic nitrogens is 2. The Morgan fingerprint density at radius 1 is 1.53 bits per heavy atom. The molecule has 1 heterocycles. The van der Waals surface area contributed by atoms with E-state index in [1.165, 1.54) is 0 Å². The molecule has 1 aromatic rings. The molecule has 96 valence electrons. The number of hydrogen-bond donors (Lipinski definition) is 1. The summed E-state index contributed by atoms with van der Waals surface area (Å²) in [4.78, 5) is 4.41. The van der Waals surface area contributed by atoms with Crippen LogP contribution in [0.5, 0.6) is 0 Å². The lowest BCUT2D eigenvalue weighted by molar-refractivity contribution is -0.0858. The quantitative estimate of drug-likeness (QED) is 0.818. The maximum atomic E-state index is 5.95. The molecule has 5 heteroatoms. The van der Waals surface area contributed by atoms with Crippen LogP contribution in [-0.2, 0) is 16.8 Å².